The second kappa shape index (κ2) is 6.68. The number of rotatable bonds is 2. The number of hydrogen-bond acceptors (Lipinski definition) is 4. The highest BCUT2D eigenvalue weighted by Crippen LogP contribution is 2.30. The molecule has 0 radical (unpaired) electrons. The van der Waals surface area contributed by atoms with E-state index in [1.165, 1.54) is 6.42 Å². The number of hydrogen-bond donors (Lipinski definition) is 2. The molecule has 1 aromatic carbocycles. The van der Waals surface area contributed by atoms with Crippen LogP contribution in [0.25, 0.3) is 0 Å². The van der Waals surface area contributed by atoms with Gasteiger partial charge in [-0.05, 0) is 25.0 Å². The summed E-state index contributed by atoms with van der Waals surface area (Å²) in [6, 6.07) is 7.18. The van der Waals surface area contributed by atoms with Crippen LogP contribution in [0.5, 0.6) is 11.5 Å². The molecule has 0 spiro atoms. The minimum Gasteiger partial charge on any atom is -0.485 e. The highest BCUT2D eigenvalue weighted by Gasteiger charge is 2.28. The van der Waals surface area contributed by atoms with Crippen molar-refractivity contribution in [2.75, 3.05) is 6.61 Å². The Hall–Kier alpha value is -2.24. The lowest BCUT2D eigenvalue weighted by Gasteiger charge is -2.26. The lowest BCUT2D eigenvalue weighted by atomic mass is 9.89. The van der Waals surface area contributed by atoms with E-state index in [1.807, 2.05) is 12.1 Å². The second-order valence-electron chi connectivity index (χ2n) is 5.68. The van der Waals surface area contributed by atoms with Gasteiger partial charge < -0.3 is 9.47 Å². The molecule has 2 aliphatic rings. The van der Waals surface area contributed by atoms with Crippen LogP contribution in [-0.2, 0) is 9.59 Å². The molecule has 0 aromatic heterocycles. The summed E-state index contributed by atoms with van der Waals surface area (Å²) >= 11 is 0. The number of nitrogens with one attached hydrogen (secondary N) is 2. The minimum atomic E-state index is -0.762. The molecule has 6 heteroatoms. The fourth-order valence-corrected chi connectivity index (χ4v) is 2.82. The number of benzene rings is 1. The summed E-state index contributed by atoms with van der Waals surface area (Å²) in [5, 5.41) is 0. The third-order valence-corrected chi connectivity index (χ3v) is 4.09. The molecule has 0 unspecified atom stereocenters. The van der Waals surface area contributed by atoms with Gasteiger partial charge in [0.25, 0.3) is 5.91 Å². The maximum absolute atomic E-state index is 12.1. The first-order valence-electron chi connectivity index (χ1n) is 7.72. The van der Waals surface area contributed by atoms with E-state index in [-0.39, 0.29) is 18.4 Å². The Bertz CT molecular complexity index is 555. The summed E-state index contributed by atoms with van der Waals surface area (Å²) in [5.74, 6) is 0.632. The molecule has 0 bridgehead atoms. The molecule has 1 aliphatic heterocycles. The Morgan fingerprint density at radius 2 is 1.64 bits per heavy atom. The van der Waals surface area contributed by atoms with E-state index >= 15 is 0 Å². The van der Waals surface area contributed by atoms with E-state index in [2.05, 4.69) is 10.9 Å². The van der Waals surface area contributed by atoms with E-state index in [1.54, 1.807) is 12.1 Å². The Kier molecular flexibility index (Phi) is 4.46. The Labute approximate surface area is 129 Å². The van der Waals surface area contributed by atoms with Gasteiger partial charge in [0, 0.05) is 5.92 Å². The highest BCUT2D eigenvalue weighted by atomic mass is 16.6. The van der Waals surface area contributed by atoms with E-state index in [4.69, 9.17) is 9.47 Å². The molecule has 1 saturated carbocycles. The van der Waals surface area contributed by atoms with Crippen LogP contribution in [0, 0.1) is 5.92 Å². The SMILES string of the molecule is O=C(NNC(=O)[C@H]1COc2ccccc2O1)C1CCCCC1. The van der Waals surface area contributed by atoms with E-state index < -0.39 is 12.0 Å². The Balaban J connectivity index is 1.49. The van der Waals surface area contributed by atoms with E-state index in [0.29, 0.717) is 11.5 Å². The van der Waals surface area contributed by atoms with Crippen LogP contribution in [0.2, 0.25) is 0 Å². The minimum absolute atomic E-state index is 0.00157. The number of hydrazine groups is 1. The first-order chi connectivity index (χ1) is 10.7. The molecule has 2 amide bonds. The standard InChI is InChI=1S/C16H20N2O4/c19-15(11-6-2-1-3-7-11)17-18-16(20)14-10-21-12-8-4-5-9-13(12)22-14/h4-5,8-9,11,14H,1-3,6-7,10H2,(H,17,19)(H,18,20)/t14-/m1/s1. The number of para-hydroxylation sites is 2. The average molecular weight is 304 g/mol. The van der Waals surface area contributed by atoms with Crippen LogP contribution in [-0.4, -0.2) is 24.5 Å². The molecule has 1 heterocycles. The topological polar surface area (TPSA) is 76.7 Å². The maximum atomic E-state index is 12.1. The number of amides is 2. The third-order valence-electron chi connectivity index (χ3n) is 4.09. The summed E-state index contributed by atoms with van der Waals surface area (Å²) in [4.78, 5) is 24.1. The lowest BCUT2D eigenvalue weighted by Crippen LogP contribution is -2.52. The van der Waals surface area contributed by atoms with Crippen LogP contribution < -0.4 is 20.3 Å². The maximum Gasteiger partial charge on any atom is 0.283 e. The van der Waals surface area contributed by atoms with Gasteiger partial charge in [-0.1, -0.05) is 31.4 Å². The highest BCUT2D eigenvalue weighted by molar-refractivity contribution is 5.86. The van der Waals surface area contributed by atoms with Crippen molar-refractivity contribution >= 4 is 11.8 Å². The smallest absolute Gasteiger partial charge is 0.283 e. The lowest BCUT2D eigenvalue weighted by molar-refractivity contribution is -0.136. The Morgan fingerprint density at radius 3 is 2.41 bits per heavy atom. The molecule has 1 atom stereocenters. The van der Waals surface area contributed by atoms with Gasteiger partial charge in [-0.15, -0.1) is 0 Å². The van der Waals surface area contributed by atoms with Gasteiger partial charge in [0.2, 0.25) is 12.0 Å². The largest absolute Gasteiger partial charge is 0.485 e. The molecule has 6 nitrogen and oxygen atoms in total. The summed E-state index contributed by atoms with van der Waals surface area (Å²) in [6.45, 7) is 0.127. The van der Waals surface area contributed by atoms with Crippen molar-refractivity contribution in [1.29, 1.82) is 0 Å². The average Bonchev–Trinajstić information content (AvgIpc) is 2.59. The van der Waals surface area contributed by atoms with Gasteiger partial charge in [-0.25, -0.2) is 0 Å². The first kappa shape index (κ1) is 14.7. The van der Waals surface area contributed by atoms with Crippen LogP contribution in [0.1, 0.15) is 32.1 Å². The van der Waals surface area contributed by atoms with Crippen molar-refractivity contribution in [3.05, 3.63) is 24.3 Å². The summed E-state index contributed by atoms with van der Waals surface area (Å²) in [6.07, 6.45) is 4.34. The van der Waals surface area contributed by atoms with Gasteiger partial charge in [0.05, 0.1) is 0 Å². The number of carbonyl (C=O) groups is 2. The molecule has 1 aromatic rings. The zero-order chi connectivity index (χ0) is 15.4. The number of ether oxygens (including phenoxy) is 2. The molecule has 118 valence electrons. The van der Waals surface area contributed by atoms with Gasteiger partial charge >= 0.3 is 0 Å². The van der Waals surface area contributed by atoms with Gasteiger partial charge in [0.1, 0.15) is 6.61 Å². The van der Waals surface area contributed by atoms with E-state index in [9.17, 15) is 9.59 Å². The zero-order valence-electron chi connectivity index (χ0n) is 12.3. The first-order valence-corrected chi connectivity index (χ1v) is 7.72. The molecule has 2 N–H and O–H groups in total. The quantitative estimate of drug-likeness (QED) is 0.813. The van der Waals surface area contributed by atoms with Crippen molar-refractivity contribution in [2.45, 2.75) is 38.2 Å². The summed E-state index contributed by atoms with van der Waals surface area (Å²) < 4.78 is 11.1. The monoisotopic (exact) mass is 304 g/mol. The molecule has 3 rings (SSSR count). The van der Waals surface area contributed by atoms with Crippen LogP contribution in [0.3, 0.4) is 0 Å². The van der Waals surface area contributed by atoms with Crippen LogP contribution >= 0.6 is 0 Å². The molecule has 1 aliphatic carbocycles. The normalized spacial score (nSPS) is 21.0. The predicted octanol–water partition coefficient (Wildman–Crippen LogP) is 1.55. The Morgan fingerprint density at radius 1 is 0.955 bits per heavy atom. The van der Waals surface area contributed by atoms with Gasteiger partial charge in [-0.3, -0.25) is 20.4 Å². The van der Waals surface area contributed by atoms with Gasteiger partial charge in [0.15, 0.2) is 11.5 Å². The van der Waals surface area contributed by atoms with Crippen molar-refractivity contribution in [3.63, 3.8) is 0 Å². The fraction of sp³-hybridized carbons (Fsp3) is 0.500. The van der Waals surface area contributed by atoms with Crippen molar-refractivity contribution in [2.24, 2.45) is 5.92 Å². The number of carbonyl (C=O) groups excluding carboxylic acids is 2. The molecule has 22 heavy (non-hydrogen) atoms. The van der Waals surface area contributed by atoms with Crippen LogP contribution in [0.4, 0.5) is 0 Å². The summed E-state index contributed by atoms with van der Waals surface area (Å²) in [5.41, 5.74) is 4.94. The van der Waals surface area contributed by atoms with Crippen LogP contribution in [0.15, 0.2) is 24.3 Å². The van der Waals surface area contributed by atoms with Crippen molar-refractivity contribution in [3.8, 4) is 11.5 Å². The van der Waals surface area contributed by atoms with E-state index in [0.717, 1.165) is 25.7 Å². The van der Waals surface area contributed by atoms with Gasteiger partial charge in [-0.2, -0.15) is 0 Å². The molecule has 0 saturated heterocycles. The van der Waals surface area contributed by atoms with Crippen molar-refractivity contribution < 1.29 is 19.1 Å². The second-order valence-corrected chi connectivity index (χ2v) is 5.68. The predicted molar refractivity (Wildman–Crippen MR) is 79.2 cm³/mol. The molecule has 1 fully saturated rings. The number of fused-ring (bicyclic) bond motifs is 1. The molecular formula is C16H20N2O4. The third kappa shape index (κ3) is 3.32. The molecular weight excluding hydrogens is 284 g/mol. The zero-order valence-corrected chi connectivity index (χ0v) is 12.3. The summed E-state index contributed by atoms with van der Waals surface area (Å²) in [7, 11) is 0. The fourth-order valence-electron chi connectivity index (χ4n) is 2.82. The van der Waals surface area contributed by atoms with Crippen molar-refractivity contribution in [1.82, 2.24) is 10.9 Å².